The van der Waals surface area contributed by atoms with Gasteiger partial charge in [-0.3, -0.25) is 4.79 Å². The molecule has 2 heteroatoms. The normalized spacial score (nSPS) is 29.9. The fourth-order valence-electron chi connectivity index (χ4n) is 3.61. The Hall–Kier alpha value is -1.31. The van der Waals surface area contributed by atoms with E-state index in [0.717, 1.165) is 25.7 Å². The van der Waals surface area contributed by atoms with Crippen LogP contribution in [0.4, 0.5) is 0 Å². The third-order valence-electron chi connectivity index (χ3n) is 4.67. The predicted molar refractivity (Wildman–Crippen MR) is 65.9 cm³/mol. The van der Waals surface area contributed by atoms with Crippen LogP contribution < -0.4 is 0 Å². The summed E-state index contributed by atoms with van der Waals surface area (Å²) in [5, 5.41) is 0. The molecule has 1 saturated carbocycles. The molecule has 0 unspecified atom stereocenters. The number of aryl methyl sites for hydroxylation is 2. The van der Waals surface area contributed by atoms with Crippen LogP contribution in [0.5, 0.6) is 0 Å². The van der Waals surface area contributed by atoms with Crippen molar-refractivity contribution in [3.63, 3.8) is 0 Å². The molecule has 0 aliphatic heterocycles. The zero-order valence-corrected chi connectivity index (χ0v) is 10.5. The topological polar surface area (TPSA) is 26.3 Å². The van der Waals surface area contributed by atoms with Crippen LogP contribution >= 0.6 is 0 Å². The molecule has 0 N–H and O–H groups in total. The van der Waals surface area contributed by atoms with Gasteiger partial charge in [0.1, 0.15) is 0 Å². The van der Waals surface area contributed by atoms with Gasteiger partial charge in [0, 0.05) is 5.41 Å². The van der Waals surface area contributed by atoms with E-state index in [1.54, 1.807) is 0 Å². The minimum atomic E-state index is -0.0226. The Morgan fingerprint density at radius 2 is 2.24 bits per heavy atom. The molecule has 3 rings (SSSR count). The Morgan fingerprint density at radius 1 is 1.41 bits per heavy atom. The van der Waals surface area contributed by atoms with Crippen LogP contribution in [0.3, 0.4) is 0 Å². The van der Waals surface area contributed by atoms with Crippen molar-refractivity contribution in [2.75, 3.05) is 7.11 Å². The fourth-order valence-corrected chi connectivity index (χ4v) is 3.61. The van der Waals surface area contributed by atoms with Gasteiger partial charge in [-0.1, -0.05) is 23.8 Å². The lowest BCUT2D eigenvalue weighted by Crippen LogP contribution is -2.47. The lowest BCUT2D eigenvalue weighted by molar-refractivity contribution is -0.153. The summed E-state index contributed by atoms with van der Waals surface area (Å²) >= 11 is 0. The third-order valence-corrected chi connectivity index (χ3v) is 4.67. The Kier molecular flexibility index (Phi) is 2.29. The van der Waals surface area contributed by atoms with Crippen molar-refractivity contribution in [1.82, 2.24) is 0 Å². The summed E-state index contributed by atoms with van der Waals surface area (Å²) in [6.45, 7) is 2.12. The molecule has 1 aromatic rings. The van der Waals surface area contributed by atoms with Crippen molar-refractivity contribution in [2.45, 2.75) is 38.0 Å². The van der Waals surface area contributed by atoms with E-state index in [1.807, 2.05) is 0 Å². The van der Waals surface area contributed by atoms with E-state index in [-0.39, 0.29) is 17.3 Å². The zero-order chi connectivity index (χ0) is 12.0. The summed E-state index contributed by atoms with van der Waals surface area (Å²) < 4.78 is 4.95. The summed E-state index contributed by atoms with van der Waals surface area (Å²) in [6, 6.07) is 6.67. The van der Waals surface area contributed by atoms with E-state index in [4.69, 9.17) is 4.74 Å². The molecule has 2 aliphatic carbocycles. The quantitative estimate of drug-likeness (QED) is 0.693. The molecule has 0 bridgehead atoms. The SMILES string of the molecule is COC(=O)[C@H]1CC[C@@]12CCc1ccc(C)cc12. The lowest BCUT2D eigenvalue weighted by atomic mass is 9.57. The number of benzene rings is 1. The minimum absolute atomic E-state index is 0.0226. The van der Waals surface area contributed by atoms with Crippen LogP contribution in [0.15, 0.2) is 18.2 Å². The average Bonchev–Trinajstić information content (AvgIpc) is 2.68. The van der Waals surface area contributed by atoms with E-state index < -0.39 is 0 Å². The van der Waals surface area contributed by atoms with E-state index in [1.165, 1.54) is 23.8 Å². The van der Waals surface area contributed by atoms with Crippen molar-refractivity contribution in [3.8, 4) is 0 Å². The molecule has 1 spiro atoms. The van der Waals surface area contributed by atoms with Gasteiger partial charge in [-0.15, -0.1) is 0 Å². The highest BCUT2D eigenvalue weighted by atomic mass is 16.5. The van der Waals surface area contributed by atoms with Gasteiger partial charge in [-0.2, -0.15) is 0 Å². The van der Waals surface area contributed by atoms with Gasteiger partial charge >= 0.3 is 5.97 Å². The maximum Gasteiger partial charge on any atom is 0.309 e. The standard InChI is InChI=1S/C15H18O2/c1-10-3-4-11-5-7-15(13(11)9-10)8-6-12(15)14(16)17-2/h3-4,9,12H,5-8H2,1-2H3/t12-,15+/m1/s1. The third kappa shape index (κ3) is 1.36. The molecule has 1 aromatic carbocycles. The van der Waals surface area contributed by atoms with E-state index >= 15 is 0 Å². The van der Waals surface area contributed by atoms with Crippen LogP contribution in [0.1, 0.15) is 36.0 Å². The summed E-state index contributed by atoms with van der Waals surface area (Å²) in [5.41, 5.74) is 4.25. The molecule has 0 amide bonds. The van der Waals surface area contributed by atoms with E-state index in [9.17, 15) is 4.79 Å². The predicted octanol–water partition coefficient (Wildman–Crippen LogP) is 2.76. The van der Waals surface area contributed by atoms with E-state index in [2.05, 4.69) is 25.1 Å². The summed E-state index contributed by atoms with van der Waals surface area (Å²) in [5.74, 6) is 0.0705. The van der Waals surface area contributed by atoms with Gasteiger partial charge in [0.2, 0.25) is 0 Å². The molecule has 17 heavy (non-hydrogen) atoms. The Morgan fingerprint density at radius 3 is 2.88 bits per heavy atom. The number of hydrogen-bond acceptors (Lipinski definition) is 2. The van der Waals surface area contributed by atoms with Gasteiger partial charge in [-0.05, 0) is 43.7 Å². The molecular weight excluding hydrogens is 212 g/mol. The van der Waals surface area contributed by atoms with Gasteiger partial charge < -0.3 is 4.74 Å². The van der Waals surface area contributed by atoms with Crippen LogP contribution in [-0.2, 0) is 21.4 Å². The second kappa shape index (κ2) is 3.59. The molecule has 90 valence electrons. The number of carbonyl (C=O) groups excluding carboxylic acids is 1. The fraction of sp³-hybridized carbons (Fsp3) is 0.533. The second-order valence-electron chi connectivity index (χ2n) is 5.43. The average molecular weight is 230 g/mol. The van der Waals surface area contributed by atoms with Crippen LogP contribution in [0.2, 0.25) is 0 Å². The first kappa shape index (κ1) is 10.8. The molecule has 2 atom stereocenters. The number of esters is 1. The maximum absolute atomic E-state index is 11.8. The first-order chi connectivity index (χ1) is 8.17. The van der Waals surface area contributed by atoms with Crippen molar-refractivity contribution < 1.29 is 9.53 Å². The van der Waals surface area contributed by atoms with Crippen LogP contribution in [0, 0.1) is 12.8 Å². The number of methoxy groups -OCH3 is 1. The number of rotatable bonds is 1. The van der Waals surface area contributed by atoms with Crippen LogP contribution in [0.25, 0.3) is 0 Å². The smallest absolute Gasteiger partial charge is 0.309 e. The molecule has 2 aliphatic rings. The summed E-state index contributed by atoms with van der Waals surface area (Å²) in [6.07, 6.45) is 4.36. The molecule has 0 saturated heterocycles. The molecule has 0 aromatic heterocycles. The number of hydrogen-bond donors (Lipinski definition) is 0. The highest BCUT2D eigenvalue weighted by Gasteiger charge is 2.54. The van der Waals surface area contributed by atoms with Crippen molar-refractivity contribution in [1.29, 1.82) is 0 Å². The second-order valence-corrected chi connectivity index (χ2v) is 5.43. The van der Waals surface area contributed by atoms with Gasteiger partial charge in [-0.25, -0.2) is 0 Å². The first-order valence-corrected chi connectivity index (χ1v) is 6.35. The monoisotopic (exact) mass is 230 g/mol. The van der Waals surface area contributed by atoms with Gasteiger partial charge in [0.25, 0.3) is 0 Å². The molecule has 2 nitrogen and oxygen atoms in total. The maximum atomic E-state index is 11.8. The summed E-state index contributed by atoms with van der Waals surface area (Å²) in [7, 11) is 1.50. The number of ether oxygens (including phenoxy) is 1. The number of fused-ring (bicyclic) bond motifs is 2. The van der Waals surface area contributed by atoms with E-state index in [0.29, 0.717) is 0 Å². The van der Waals surface area contributed by atoms with Crippen molar-refractivity contribution in [2.24, 2.45) is 5.92 Å². The highest BCUT2D eigenvalue weighted by Crippen LogP contribution is 2.56. The zero-order valence-electron chi connectivity index (χ0n) is 10.5. The minimum Gasteiger partial charge on any atom is -0.469 e. The Labute approximate surface area is 102 Å². The van der Waals surface area contributed by atoms with Gasteiger partial charge in [0.05, 0.1) is 13.0 Å². The lowest BCUT2D eigenvalue weighted by Gasteiger charge is -2.46. The highest BCUT2D eigenvalue weighted by molar-refractivity contribution is 5.76. The molecular formula is C15H18O2. The first-order valence-electron chi connectivity index (χ1n) is 6.35. The Balaban J connectivity index is 2.02. The van der Waals surface area contributed by atoms with Gasteiger partial charge in [0.15, 0.2) is 0 Å². The largest absolute Gasteiger partial charge is 0.469 e. The molecule has 0 radical (unpaired) electrons. The van der Waals surface area contributed by atoms with Crippen molar-refractivity contribution in [3.05, 3.63) is 34.9 Å². The Bertz CT molecular complexity index is 478. The molecule has 1 fully saturated rings. The summed E-state index contributed by atoms with van der Waals surface area (Å²) in [4.78, 5) is 11.8. The van der Waals surface area contributed by atoms with Crippen molar-refractivity contribution >= 4 is 5.97 Å². The number of carbonyl (C=O) groups is 1. The molecule has 0 heterocycles. The van der Waals surface area contributed by atoms with Crippen LogP contribution in [-0.4, -0.2) is 13.1 Å².